The van der Waals surface area contributed by atoms with Crippen molar-refractivity contribution in [2.24, 2.45) is 5.92 Å². The van der Waals surface area contributed by atoms with Crippen molar-refractivity contribution in [2.45, 2.75) is 19.3 Å². The van der Waals surface area contributed by atoms with Crippen LogP contribution in [0.15, 0.2) is 30.4 Å². The summed E-state index contributed by atoms with van der Waals surface area (Å²) < 4.78 is 0. The van der Waals surface area contributed by atoms with Crippen LogP contribution in [0.25, 0.3) is 0 Å². The Bertz CT molecular complexity index is 536. The Kier molecular flexibility index (Phi) is 3.85. The Morgan fingerprint density at radius 2 is 2.05 bits per heavy atom. The third kappa shape index (κ3) is 3.13. The van der Waals surface area contributed by atoms with Crippen LogP contribution < -0.4 is 5.32 Å². The molecule has 0 aromatic heterocycles. The van der Waals surface area contributed by atoms with E-state index in [9.17, 15) is 14.7 Å². The summed E-state index contributed by atoms with van der Waals surface area (Å²) in [7, 11) is 0. The van der Waals surface area contributed by atoms with Gasteiger partial charge in [-0.2, -0.15) is 0 Å². The predicted molar refractivity (Wildman–Crippen MR) is 70.2 cm³/mol. The van der Waals surface area contributed by atoms with Crippen LogP contribution in [0.5, 0.6) is 5.75 Å². The zero-order valence-corrected chi connectivity index (χ0v) is 10.3. The molecule has 1 aliphatic carbocycles. The standard InChI is InChI=1S/C14H15NO4/c16-12-8-10(14(18)19)6-7-11(12)15-13(17)9-4-2-1-3-5-9/h1-2,6-9,16H,3-5H2,(H,15,17)(H,18,19). The number of hydrogen-bond donors (Lipinski definition) is 3. The number of aromatic carboxylic acids is 1. The average Bonchev–Trinajstić information content (AvgIpc) is 2.41. The molecule has 3 N–H and O–H groups in total. The van der Waals surface area contributed by atoms with Crippen molar-refractivity contribution in [3.63, 3.8) is 0 Å². The quantitative estimate of drug-likeness (QED) is 0.576. The van der Waals surface area contributed by atoms with Gasteiger partial charge in [-0.15, -0.1) is 0 Å². The monoisotopic (exact) mass is 261 g/mol. The molecule has 0 saturated carbocycles. The second kappa shape index (κ2) is 5.56. The number of hydrogen-bond acceptors (Lipinski definition) is 3. The lowest BCUT2D eigenvalue weighted by atomic mass is 9.93. The zero-order valence-electron chi connectivity index (χ0n) is 10.3. The molecule has 0 aliphatic heterocycles. The van der Waals surface area contributed by atoms with E-state index in [1.165, 1.54) is 12.1 Å². The number of phenols is 1. The molecule has 100 valence electrons. The van der Waals surface area contributed by atoms with Gasteiger partial charge in [0.2, 0.25) is 5.91 Å². The lowest BCUT2D eigenvalue weighted by Crippen LogP contribution is -2.23. The summed E-state index contributed by atoms with van der Waals surface area (Å²) >= 11 is 0. The minimum absolute atomic E-state index is 0.0175. The second-order valence-electron chi connectivity index (χ2n) is 4.51. The molecular formula is C14H15NO4. The zero-order chi connectivity index (χ0) is 13.8. The van der Waals surface area contributed by atoms with Crippen molar-refractivity contribution in [3.05, 3.63) is 35.9 Å². The van der Waals surface area contributed by atoms with E-state index in [0.29, 0.717) is 6.42 Å². The van der Waals surface area contributed by atoms with E-state index in [-0.39, 0.29) is 28.8 Å². The summed E-state index contributed by atoms with van der Waals surface area (Å²) in [6.45, 7) is 0. The van der Waals surface area contributed by atoms with E-state index in [1.54, 1.807) is 0 Å². The highest BCUT2D eigenvalue weighted by Gasteiger charge is 2.19. The number of carboxylic acids is 1. The molecule has 1 atom stereocenters. The largest absolute Gasteiger partial charge is 0.506 e. The maximum Gasteiger partial charge on any atom is 0.335 e. The van der Waals surface area contributed by atoms with E-state index >= 15 is 0 Å². The summed E-state index contributed by atoms with van der Waals surface area (Å²) in [5.74, 6) is -1.60. The molecule has 0 fully saturated rings. The fourth-order valence-electron chi connectivity index (χ4n) is 2.04. The van der Waals surface area contributed by atoms with Crippen molar-refractivity contribution in [3.8, 4) is 5.75 Å². The van der Waals surface area contributed by atoms with Gasteiger partial charge in [0, 0.05) is 5.92 Å². The number of phenolic OH excluding ortho intramolecular Hbond substituents is 1. The summed E-state index contributed by atoms with van der Waals surface area (Å²) in [6.07, 6.45) is 6.38. The first-order valence-corrected chi connectivity index (χ1v) is 6.10. The fraction of sp³-hybridized carbons (Fsp3) is 0.286. The first-order valence-electron chi connectivity index (χ1n) is 6.10. The van der Waals surface area contributed by atoms with Crippen LogP contribution in [-0.4, -0.2) is 22.1 Å². The molecule has 19 heavy (non-hydrogen) atoms. The van der Waals surface area contributed by atoms with Crippen LogP contribution in [0.1, 0.15) is 29.6 Å². The predicted octanol–water partition coefficient (Wildman–Crippen LogP) is 2.39. The third-order valence-corrected chi connectivity index (χ3v) is 3.14. The molecule has 0 bridgehead atoms. The summed E-state index contributed by atoms with van der Waals surface area (Å²) in [6, 6.07) is 3.87. The molecule has 2 rings (SSSR count). The molecule has 0 radical (unpaired) electrons. The Morgan fingerprint density at radius 1 is 1.26 bits per heavy atom. The average molecular weight is 261 g/mol. The second-order valence-corrected chi connectivity index (χ2v) is 4.51. The van der Waals surface area contributed by atoms with Gasteiger partial charge >= 0.3 is 5.97 Å². The maximum atomic E-state index is 12.0. The number of anilines is 1. The van der Waals surface area contributed by atoms with Gasteiger partial charge in [-0.25, -0.2) is 4.79 Å². The van der Waals surface area contributed by atoms with Gasteiger partial charge in [0.15, 0.2) is 0 Å². The topological polar surface area (TPSA) is 86.6 Å². The van der Waals surface area contributed by atoms with Gasteiger partial charge in [0.25, 0.3) is 0 Å². The van der Waals surface area contributed by atoms with Crippen LogP contribution in [0.2, 0.25) is 0 Å². The summed E-state index contributed by atoms with van der Waals surface area (Å²) in [5, 5.41) is 21.1. The molecule has 0 saturated heterocycles. The van der Waals surface area contributed by atoms with Crippen molar-refractivity contribution in [1.82, 2.24) is 0 Å². The summed E-state index contributed by atoms with van der Waals surface area (Å²) in [5.41, 5.74) is 0.223. The number of allylic oxidation sites excluding steroid dienone is 2. The van der Waals surface area contributed by atoms with Crippen molar-refractivity contribution in [2.75, 3.05) is 5.32 Å². The van der Waals surface area contributed by atoms with Gasteiger partial charge in [-0.05, 0) is 37.5 Å². The number of carbonyl (C=O) groups is 2. The molecule has 1 aromatic carbocycles. The lowest BCUT2D eigenvalue weighted by Gasteiger charge is -2.17. The van der Waals surface area contributed by atoms with Gasteiger partial charge in [-0.3, -0.25) is 4.79 Å². The highest BCUT2D eigenvalue weighted by atomic mass is 16.4. The van der Waals surface area contributed by atoms with Crippen LogP contribution in [0.4, 0.5) is 5.69 Å². The van der Waals surface area contributed by atoms with E-state index in [0.717, 1.165) is 18.9 Å². The Morgan fingerprint density at radius 3 is 2.63 bits per heavy atom. The first-order chi connectivity index (χ1) is 9.08. The van der Waals surface area contributed by atoms with Crippen molar-refractivity contribution >= 4 is 17.6 Å². The minimum Gasteiger partial charge on any atom is -0.506 e. The van der Waals surface area contributed by atoms with Crippen molar-refractivity contribution < 1.29 is 19.8 Å². The molecule has 0 heterocycles. The molecule has 0 spiro atoms. The van der Waals surface area contributed by atoms with Crippen molar-refractivity contribution in [1.29, 1.82) is 0 Å². The molecular weight excluding hydrogens is 246 g/mol. The molecule has 5 heteroatoms. The smallest absolute Gasteiger partial charge is 0.335 e. The highest BCUT2D eigenvalue weighted by molar-refractivity contribution is 5.95. The fourth-order valence-corrected chi connectivity index (χ4v) is 2.04. The number of nitrogens with one attached hydrogen (secondary N) is 1. The van der Waals surface area contributed by atoms with Crippen LogP contribution in [0, 0.1) is 5.92 Å². The SMILES string of the molecule is O=C(O)c1ccc(NC(=O)C2CC=CCC2)c(O)c1. The third-order valence-electron chi connectivity index (χ3n) is 3.14. The van der Waals surface area contributed by atoms with Gasteiger partial charge in [-0.1, -0.05) is 12.2 Å². The molecule has 5 nitrogen and oxygen atoms in total. The number of carboxylic acid groups (broad SMARTS) is 1. The number of rotatable bonds is 3. The van der Waals surface area contributed by atoms with Gasteiger partial charge in [0.1, 0.15) is 5.75 Å². The normalized spacial score (nSPS) is 18.0. The maximum absolute atomic E-state index is 12.0. The highest BCUT2D eigenvalue weighted by Crippen LogP contribution is 2.26. The van der Waals surface area contributed by atoms with Crippen LogP contribution in [-0.2, 0) is 4.79 Å². The van der Waals surface area contributed by atoms with E-state index in [2.05, 4.69) is 5.32 Å². The number of carbonyl (C=O) groups excluding carboxylic acids is 1. The molecule has 1 aromatic rings. The van der Waals surface area contributed by atoms with E-state index < -0.39 is 5.97 Å². The molecule has 1 unspecified atom stereocenters. The van der Waals surface area contributed by atoms with Gasteiger partial charge in [0.05, 0.1) is 11.3 Å². The van der Waals surface area contributed by atoms with Crippen LogP contribution >= 0.6 is 0 Å². The van der Waals surface area contributed by atoms with E-state index in [4.69, 9.17) is 5.11 Å². The number of amides is 1. The minimum atomic E-state index is -1.12. The Hall–Kier alpha value is -2.30. The molecule has 1 aliphatic rings. The molecule has 1 amide bonds. The number of aromatic hydroxyl groups is 1. The number of benzene rings is 1. The Balaban J connectivity index is 2.08. The lowest BCUT2D eigenvalue weighted by molar-refractivity contribution is -0.120. The first kappa shape index (κ1) is 13.1. The van der Waals surface area contributed by atoms with E-state index in [1.807, 2.05) is 12.2 Å². The summed E-state index contributed by atoms with van der Waals surface area (Å²) in [4.78, 5) is 22.7. The van der Waals surface area contributed by atoms with Gasteiger partial charge < -0.3 is 15.5 Å². The Labute approximate surface area is 110 Å². The van der Waals surface area contributed by atoms with Crippen LogP contribution in [0.3, 0.4) is 0 Å².